The molecule has 1 aromatic rings. The third kappa shape index (κ3) is 5.72. The van der Waals surface area contributed by atoms with Crippen LogP contribution in [0.2, 0.25) is 0 Å². The molecule has 20 heavy (non-hydrogen) atoms. The fraction of sp³-hybridized carbons (Fsp3) is 0.562. The number of rotatable bonds is 7. The Morgan fingerprint density at radius 2 is 1.85 bits per heavy atom. The summed E-state index contributed by atoms with van der Waals surface area (Å²) in [6.45, 7) is 5.17. The van der Waals surface area contributed by atoms with Gasteiger partial charge >= 0.3 is 0 Å². The maximum absolute atomic E-state index is 11.8. The number of carbonyl (C=O) groups excluding carboxylic acids is 1. The predicted molar refractivity (Wildman–Crippen MR) is 81.1 cm³/mol. The highest BCUT2D eigenvalue weighted by molar-refractivity contribution is 5.76. The van der Waals surface area contributed by atoms with Crippen molar-refractivity contribution >= 4 is 5.91 Å². The van der Waals surface area contributed by atoms with E-state index in [2.05, 4.69) is 16.3 Å². The average molecular weight is 278 g/mol. The Morgan fingerprint density at radius 3 is 2.40 bits per heavy atom. The summed E-state index contributed by atoms with van der Waals surface area (Å²) < 4.78 is 0. The van der Waals surface area contributed by atoms with Crippen LogP contribution < -0.4 is 5.32 Å². The highest BCUT2D eigenvalue weighted by Gasteiger charge is 2.14. The zero-order valence-corrected chi connectivity index (χ0v) is 12.9. The Kier molecular flexibility index (Phi) is 6.68. The van der Waals surface area contributed by atoms with Crippen LogP contribution in [-0.2, 0) is 17.9 Å². The molecule has 1 amide bonds. The van der Waals surface area contributed by atoms with Crippen molar-refractivity contribution in [2.45, 2.75) is 39.5 Å². The van der Waals surface area contributed by atoms with Crippen molar-refractivity contribution in [3.63, 3.8) is 0 Å². The van der Waals surface area contributed by atoms with E-state index in [0.717, 1.165) is 12.1 Å². The summed E-state index contributed by atoms with van der Waals surface area (Å²) in [6.07, 6.45) is -0.417. The number of aliphatic hydroxyl groups excluding tert-OH is 1. The lowest BCUT2D eigenvalue weighted by Gasteiger charge is -2.16. The van der Waals surface area contributed by atoms with E-state index in [-0.39, 0.29) is 18.2 Å². The molecule has 0 spiro atoms. The maximum atomic E-state index is 11.8. The van der Waals surface area contributed by atoms with Gasteiger partial charge in [0.15, 0.2) is 0 Å². The first-order valence-corrected chi connectivity index (χ1v) is 7.06. The van der Waals surface area contributed by atoms with E-state index in [4.69, 9.17) is 0 Å². The molecule has 2 N–H and O–H groups in total. The molecule has 0 aromatic heterocycles. The molecule has 0 saturated carbocycles. The van der Waals surface area contributed by atoms with E-state index in [0.29, 0.717) is 6.54 Å². The molecule has 0 fully saturated rings. The normalized spacial score (nSPS) is 12.8. The molecule has 0 radical (unpaired) electrons. The van der Waals surface area contributed by atoms with Gasteiger partial charge in [-0.1, -0.05) is 38.1 Å². The van der Waals surface area contributed by atoms with Gasteiger partial charge in [-0.15, -0.1) is 0 Å². The van der Waals surface area contributed by atoms with Crippen molar-refractivity contribution in [1.29, 1.82) is 0 Å². The Bertz CT molecular complexity index is 430. The molecule has 0 aliphatic carbocycles. The van der Waals surface area contributed by atoms with Crippen LogP contribution in [0.1, 0.15) is 31.4 Å². The number of aliphatic hydroxyl groups is 1. The first kappa shape index (κ1) is 16.7. The molecule has 1 unspecified atom stereocenters. The smallest absolute Gasteiger partial charge is 0.222 e. The quantitative estimate of drug-likeness (QED) is 0.799. The zero-order chi connectivity index (χ0) is 15.1. The molecule has 4 nitrogen and oxygen atoms in total. The predicted octanol–water partition coefficient (Wildman–Crippen LogP) is 1.77. The van der Waals surface area contributed by atoms with Crippen molar-refractivity contribution in [3.8, 4) is 0 Å². The third-order valence-electron chi connectivity index (χ3n) is 3.25. The second-order valence-corrected chi connectivity index (χ2v) is 5.80. The van der Waals surface area contributed by atoms with Crippen LogP contribution >= 0.6 is 0 Å². The van der Waals surface area contributed by atoms with Crippen LogP contribution in [-0.4, -0.2) is 36.1 Å². The monoisotopic (exact) mass is 278 g/mol. The van der Waals surface area contributed by atoms with Gasteiger partial charge in [-0.05, 0) is 31.1 Å². The maximum Gasteiger partial charge on any atom is 0.222 e. The van der Waals surface area contributed by atoms with E-state index in [1.54, 1.807) is 0 Å². The number of nitrogens with one attached hydrogen (secondary N) is 1. The number of hydrogen-bond acceptors (Lipinski definition) is 3. The SMILES string of the molecule is CC(C)C(O)CC(=O)NCc1ccccc1CN(C)C. The molecule has 1 atom stereocenters. The molecular weight excluding hydrogens is 252 g/mol. The zero-order valence-electron chi connectivity index (χ0n) is 12.9. The Morgan fingerprint density at radius 1 is 1.25 bits per heavy atom. The fourth-order valence-electron chi connectivity index (χ4n) is 1.92. The van der Waals surface area contributed by atoms with Gasteiger partial charge in [-0.3, -0.25) is 4.79 Å². The second kappa shape index (κ2) is 8.02. The minimum atomic E-state index is -0.577. The van der Waals surface area contributed by atoms with Crippen LogP contribution in [0, 0.1) is 5.92 Å². The Hall–Kier alpha value is -1.39. The van der Waals surface area contributed by atoms with Gasteiger partial charge < -0.3 is 15.3 Å². The van der Waals surface area contributed by atoms with Crippen LogP contribution in [0.5, 0.6) is 0 Å². The number of carbonyl (C=O) groups is 1. The van der Waals surface area contributed by atoms with Gasteiger partial charge in [0.05, 0.1) is 12.5 Å². The summed E-state index contributed by atoms with van der Waals surface area (Å²) in [7, 11) is 4.04. The van der Waals surface area contributed by atoms with Crippen LogP contribution in [0.3, 0.4) is 0 Å². The minimum absolute atomic E-state index is 0.0989. The van der Waals surface area contributed by atoms with Crippen molar-refractivity contribution in [2.75, 3.05) is 14.1 Å². The van der Waals surface area contributed by atoms with Gasteiger partial charge in [0.25, 0.3) is 0 Å². The molecule has 112 valence electrons. The first-order valence-electron chi connectivity index (χ1n) is 7.06. The van der Waals surface area contributed by atoms with Gasteiger partial charge in [-0.25, -0.2) is 0 Å². The highest BCUT2D eigenvalue weighted by Crippen LogP contribution is 2.11. The summed E-state index contributed by atoms with van der Waals surface area (Å²) in [4.78, 5) is 13.9. The lowest BCUT2D eigenvalue weighted by molar-refractivity contribution is -0.123. The second-order valence-electron chi connectivity index (χ2n) is 5.80. The third-order valence-corrected chi connectivity index (χ3v) is 3.25. The molecule has 0 bridgehead atoms. The number of amides is 1. The van der Waals surface area contributed by atoms with E-state index in [1.807, 2.05) is 46.1 Å². The molecule has 0 heterocycles. The van der Waals surface area contributed by atoms with E-state index in [1.165, 1.54) is 5.56 Å². The lowest BCUT2D eigenvalue weighted by Crippen LogP contribution is -2.29. The van der Waals surface area contributed by atoms with Gasteiger partial charge in [0.2, 0.25) is 5.91 Å². The van der Waals surface area contributed by atoms with Gasteiger partial charge in [-0.2, -0.15) is 0 Å². The molecule has 0 aliphatic rings. The topological polar surface area (TPSA) is 52.6 Å². The summed E-state index contributed by atoms with van der Waals surface area (Å²) in [6, 6.07) is 8.08. The minimum Gasteiger partial charge on any atom is -0.392 e. The molecule has 0 aliphatic heterocycles. The summed E-state index contributed by atoms with van der Waals surface area (Å²) in [5, 5.41) is 12.6. The summed E-state index contributed by atoms with van der Waals surface area (Å²) >= 11 is 0. The Balaban J connectivity index is 2.55. The first-order chi connectivity index (χ1) is 9.40. The number of hydrogen-bond donors (Lipinski definition) is 2. The molecule has 1 rings (SSSR count). The molecular formula is C16H26N2O2. The average Bonchev–Trinajstić information content (AvgIpc) is 2.36. The molecule has 1 aromatic carbocycles. The van der Waals surface area contributed by atoms with Crippen LogP contribution in [0.4, 0.5) is 0 Å². The van der Waals surface area contributed by atoms with E-state index in [9.17, 15) is 9.90 Å². The van der Waals surface area contributed by atoms with Crippen LogP contribution in [0.25, 0.3) is 0 Å². The van der Waals surface area contributed by atoms with E-state index < -0.39 is 6.10 Å². The fourth-order valence-corrected chi connectivity index (χ4v) is 1.92. The summed E-state index contributed by atoms with van der Waals surface area (Å²) in [5.74, 6) is -0.00682. The standard InChI is InChI=1S/C16H26N2O2/c1-12(2)15(19)9-16(20)17-10-13-7-5-6-8-14(13)11-18(3)4/h5-8,12,15,19H,9-11H2,1-4H3,(H,17,20). The number of nitrogens with zero attached hydrogens (tertiary/aromatic N) is 1. The van der Waals surface area contributed by atoms with Crippen LogP contribution in [0.15, 0.2) is 24.3 Å². The summed E-state index contributed by atoms with van der Waals surface area (Å²) in [5.41, 5.74) is 2.33. The van der Waals surface area contributed by atoms with Crippen molar-refractivity contribution in [2.24, 2.45) is 5.92 Å². The van der Waals surface area contributed by atoms with E-state index >= 15 is 0 Å². The highest BCUT2D eigenvalue weighted by atomic mass is 16.3. The Labute approximate surface area is 121 Å². The molecule has 4 heteroatoms. The lowest BCUT2D eigenvalue weighted by atomic mass is 10.0. The molecule has 0 saturated heterocycles. The van der Waals surface area contributed by atoms with Gasteiger partial charge in [0, 0.05) is 13.1 Å². The largest absolute Gasteiger partial charge is 0.392 e. The van der Waals surface area contributed by atoms with Crippen molar-refractivity contribution in [1.82, 2.24) is 10.2 Å². The van der Waals surface area contributed by atoms with Crippen molar-refractivity contribution < 1.29 is 9.90 Å². The number of benzene rings is 1. The van der Waals surface area contributed by atoms with Gasteiger partial charge in [0.1, 0.15) is 0 Å². The van der Waals surface area contributed by atoms with Crippen molar-refractivity contribution in [3.05, 3.63) is 35.4 Å².